The average molecular weight is 353 g/mol. The molecule has 0 aromatic heterocycles. The molecule has 2 heterocycles. The van der Waals surface area contributed by atoms with Crippen LogP contribution in [0, 0.1) is 0 Å². The first-order valence-electron chi connectivity index (χ1n) is 8.62. The van der Waals surface area contributed by atoms with Gasteiger partial charge in [-0.2, -0.15) is 0 Å². The molecule has 2 aliphatic heterocycles. The fourth-order valence-electron chi connectivity index (χ4n) is 3.22. The number of anilines is 1. The second kappa shape index (κ2) is 6.71. The predicted molar refractivity (Wildman–Crippen MR) is 94.4 cm³/mol. The number of amides is 1. The first-order chi connectivity index (χ1) is 12.6. The summed E-state index contributed by atoms with van der Waals surface area (Å²) in [4.78, 5) is 26.8. The minimum absolute atomic E-state index is 0.0588. The van der Waals surface area contributed by atoms with Gasteiger partial charge in [0.1, 0.15) is 6.61 Å². The van der Waals surface area contributed by atoms with Gasteiger partial charge in [0, 0.05) is 12.2 Å². The van der Waals surface area contributed by atoms with E-state index < -0.39 is 18.2 Å². The molecule has 26 heavy (non-hydrogen) atoms. The average Bonchev–Trinajstić information content (AvgIpc) is 3.11. The normalized spacial score (nSPS) is 18.8. The zero-order valence-corrected chi connectivity index (χ0v) is 14.4. The number of rotatable bonds is 3. The first kappa shape index (κ1) is 16.4. The smallest absolute Gasteiger partial charge is 0.351 e. The Labute approximate surface area is 151 Å². The second-order valence-electron chi connectivity index (χ2n) is 6.31. The van der Waals surface area contributed by atoms with Crippen LogP contribution in [0.2, 0.25) is 0 Å². The molecule has 6 heteroatoms. The molecule has 2 aromatic rings. The quantitative estimate of drug-likeness (QED) is 0.793. The molecule has 134 valence electrons. The van der Waals surface area contributed by atoms with E-state index in [0.29, 0.717) is 18.0 Å². The Morgan fingerprint density at radius 3 is 2.69 bits per heavy atom. The Morgan fingerprint density at radius 1 is 1.12 bits per heavy atom. The largest absolute Gasteiger partial charge is 0.485 e. The van der Waals surface area contributed by atoms with Gasteiger partial charge < -0.3 is 19.1 Å². The third-order valence-corrected chi connectivity index (χ3v) is 4.57. The van der Waals surface area contributed by atoms with E-state index in [0.717, 1.165) is 17.7 Å². The number of fused-ring (bicyclic) bond motifs is 2. The number of hydrogen-bond donors (Lipinski definition) is 0. The van der Waals surface area contributed by atoms with E-state index in [1.807, 2.05) is 30.3 Å². The molecule has 0 saturated carbocycles. The van der Waals surface area contributed by atoms with Gasteiger partial charge in [0.2, 0.25) is 6.10 Å². The lowest BCUT2D eigenvalue weighted by atomic mass is 10.2. The van der Waals surface area contributed by atoms with Crippen molar-refractivity contribution in [2.75, 3.05) is 18.1 Å². The van der Waals surface area contributed by atoms with Crippen molar-refractivity contribution in [2.24, 2.45) is 0 Å². The molecular weight excluding hydrogens is 334 g/mol. The van der Waals surface area contributed by atoms with Crippen LogP contribution < -0.4 is 14.4 Å². The zero-order valence-electron chi connectivity index (χ0n) is 14.4. The number of ether oxygens (including phenoxy) is 3. The van der Waals surface area contributed by atoms with E-state index in [4.69, 9.17) is 14.2 Å². The number of esters is 1. The summed E-state index contributed by atoms with van der Waals surface area (Å²) < 4.78 is 16.5. The van der Waals surface area contributed by atoms with Crippen molar-refractivity contribution in [1.29, 1.82) is 0 Å². The summed E-state index contributed by atoms with van der Waals surface area (Å²) in [5.74, 6) is 0.246. The first-order valence-corrected chi connectivity index (χ1v) is 8.62. The minimum Gasteiger partial charge on any atom is -0.485 e. The fraction of sp³-hybridized carbons (Fsp3) is 0.300. The van der Waals surface area contributed by atoms with E-state index in [9.17, 15) is 9.59 Å². The fourth-order valence-corrected chi connectivity index (χ4v) is 3.22. The molecule has 0 radical (unpaired) electrons. The van der Waals surface area contributed by atoms with Gasteiger partial charge in [0.15, 0.2) is 17.6 Å². The maximum Gasteiger partial charge on any atom is 0.351 e. The highest BCUT2D eigenvalue weighted by Gasteiger charge is 2.34. The van der Waals surface area contributed by atoms with Crippen LogP contribution in [-0.4, -0.2) is 37.2 Å². The summed E-state index contributed by atoms with van der Waals surface area (Å²) >= 11 is 0. The summed E-state index contributed by atoms with van der Waals surface area (Å²) in [6, 6.07) is 14.9. The van der Waals surface area contributed by atoms with Crippen LogP contribution in [0.15, 0.2) is 48.5 Å². The molecule has 0 unspecified atom stereocenters. The molecule has 2 aromatic carbocycles. The third kappa shape index (κ3) is 2.98. The van der Waals surface area contributed by atoms with Crippen molar-refractivity contribution in [3.05, 3.63) is 54.1 Å². The summed E-state index contributed by atoms with van der Waals surface area (Å²) in [5, 5.41) is 0. The summed E-state index contributed by atoms with van der Waals surface area (Å²) in [5.41, 5.74) is 2.01. The van der Waals surface area contributed by atoms with E-state index >= 15 is 0 Å². The third-order valence-electron chi connectivity index (χ3n) is 4.57. The highest BCUT2D eigenvalue weighted by Crippen LogP contribution is 2.31. The van der Waals surface area contributed by atoms with Crippen LogP contribution in [0.3, 0.4) is 0 Å². The predicted octanol–water partition coefficient (Wildman–Crippen LogP) is 2.35. The highest BCUT2D eigenvalue weighted by atomic mass is 16.6. The molecule has 1 amide bonds. The second-order valence-corrected chi connectivity index (χ2v) is 6.31. The van der Waals surface area contributed by atoms with Crippen LogP contribution >= 0.6 is 0 Å². The zero-order chi connectivity index (χ0) is 18.1. The van der Waals surface area contributed by atoms with Crippen molar-refractivity contribution >= 4 is 17.6 Å². The van der Waals surface area contributed by atoms with E-state index in [-0.39, 0.29) is 12.5 Å². The van der Waals surface area contributed by atoms with Gasteiger partial charge in [0.25, 0.3) is 5.91 Å². The number of carbonyl (C=O) groups is 2. The van der Waals surface area contributed by atoms with Crippen LogP contribution in [-0.2, 0) is 20.7 Å². The number of hydrogen-bond acceptors (Lipinski definition) is 5. The van der Waals surface area contributed by atoms with Gasteiger partial charge in [-0.05, 0) is 37.1 Å². The Kier molecular flexibility index (Phi) is 4.24. The Morgan fingerprint density at radius 2 is 1.85 bits per heavy atom. The van der Waals surface area contributed by atoms with Crippen molar-refractivity contribution in [2.45, 2.75) is 25.6 Å². The van der Waals surface area contributed by atoms with E-state index in [1.165, 1.54) is 0 Å². The van der Waals surface area contributed by atoms with Crippen molar-refractivity contribution in [1.82, 2.24) is 0 Å². The molecule has 0 fully saturated rings. The Hall–Kier alpha value is -3.02. The molecule has 0 N–H and O–H groups in total. The standard InChI is InChI=1S/C20H19NO5/c1-13(19(22)21-11-10-14-6-2-3-7-15(14)21)25-20(23)18-12-24-16-8-4-5-9-17(16)26-18/h2-9,13,18H,10-12H2,1H3/t13-,18-/m0/s1. The monoisotopic (exact) mass is 353 g/mol. The SMILES string of the molecule is C[C@H](OC(=O)[C@@H]1COc2ccccc2O1)C(=O)N1CCc2ccccc21. The van der Waals surface area contributed by atoms with Gasteiger partial charge >= 0.3 is 5.97 Å². The molecule has 0 aliphatic carbocycles. The van der Waals surface area contributed by atoms with Crippen LogP contribution in [0.5, 0.6) is 11.5 Å². The molecule has 0 spiro atoms. The minimum atomic E-state index is -0.894. The van der Waals surface area contributed by atoms with Gasteiger partial charge in [-0.3, -0.25) is 4.79 Å². The summed E-state index contributed by atoms with van der Waals surface area (Å²) in [7, 11) is 0. The van der Waals surface area contributed by atoms with Crippen molar-refractivity contribution < 1.29 is 23.8 Å². The van der Waals surface area contributed by atoms with Crippen LogP contribution in [0.25, 0.3) is 0 Å². The number of benzene rings is 2. The van der Waals surface area contributed by atoms with E-state index in [1.54, 1.807) is 30.0 Å². The maximum absolute atomic E-state index is 12.7. The lowest BCUT2D eigenvalue weighted by Gasteiger charge is -2.27. The van der Waals surface area contributed by atoms with Crippen LogP contribution in [0.4, 0.5) is 5.69 Å². The molecule has 6 nitrogen and oxygen atoms in total. The molecule has 0 saturated heterocycles. The summed E-state index contributed by atoms with van der Waals surface area (Å²) in [6.45, 7) is 2.23. The molecular formula is C20H19NO5. The van der Waals surface area contributed by atoms with Crippen molar-refractivity contribution in [3.63, 3.8) is 0 Å². The summed E-state index contributed by atoms with van der Waals surface area (Å²) in [6.07, 6.45) is -0.973. The topological polar surface area (TPSA) is 65.1 Å². The van der Waals surface area contributed by atoms with Gasteiger partial charge in [0.05, 0.1) is 0 Å². The van der Waals surface area contributed by atoms with Gasteiger partial charge in [-0.1, -0.05) is 30.3 Å². The molecule has 2 aliphatic rings. The lowest BCUT2D eigenvalue weighted by molar-refractivity contribution is -0.163. The Balaban J connectivity index is 1.40. The van der Waals surface area contributed by atoms with Gasteiger partial charge in [-0.25, -0.2) is 4.79 Å². The van der Waals surface area contributed by atoms with Gasteiger partial charge in [-0.15, -0.1) is 0 Å². The number of nitrogens with zero attached hydrogens (tertiary/aromatic N) is 1. The van der Waals surface area contributed by atoms with Crippen LogP contribution in [0.1, 0.15) is 12.5 Å². The maximum atomic E-state index is 12.7. The lowest BCUT2D eigenvalue weighted by Crippen LogP contribution is -2.44. The molecule has 0 bridgehead atoms. The van der Waals surface area contributed by atoms with Crippen molar-refractivity contribution in [3.8, 4) is 11.5 Å². The highest BCUT2D eigenvalue weighted by molar-refractivity contribution is 5.99. The number of carbonyl (C=O) groups excluding carboxylic acids is 2. The Bertz CT molecular complexity index is 850. The molecule has 4 rings (SSSR count). The van der Waals surface area contributed by atoms with E-state index in [2.05, 4.69) is 0 Å². The molecule has 2 atom stereocenters. The number of para-hydroxylation sites is 3.